The van der Waals surface area contributed by atoms with Crippen molar-refractivity contribution in [3.63, 3.8) is 0 Å². The van der Waals surface area contributed by atoms with Gasteiger partial charge in [-0.2, -0.15) is 0 Å². The van der Waals surface area contributed by atoms with Crippen LogP contribution in [0.4, 0.5) is 4.39 Å². The number of benzene rings is 2. The van der Waals surface area contributed by atoms with E-state index in [0.29, 0.717) is 12.1 Å². The monoisotopic (exact) mass is 350 g/mol. The minimum absolute atomic E-state index is 0.0359. The molecule has 0 amide bonds. The number of halogens is 2. The summed E-state index contributed by atoms with van der Waals surface area (Å²) in [5.41, 5.74) is 7.61. The van der Waals surface area contributed by atoms with E-state index in [4.69, 9.17) is 5.73 Å². The van der Waals surface area contributed by atoms with Crippen LogP contribution in [0.15, 0.2) is 53.0 Å². The van der Waals surface area contributed by atoms with Crippen molar-refractivity contribution in [2.45, 2.75) is 19.5 Å². The van der Waals surface area contributed by atoms with Crippen molar-refractivity contribution in [3.8, 4) is 0 Å². The molecule has 21 heavy (non-hydrogen) atoms. The molecule has 0 aliphatic carbocycles. The molecule has 0 aliphatic heterocycles. The molecule has 0 aliphatic rings. The first kappa shape index (κ1) is 16.1. The lowest BCUT2D eigenvalue weighted by Crippen LogP contribution is -2.32. The summed E-state index contributed by atoms with van der Waals surface area (Å²) in [4.78, 5) is 2.19. The van der Waals surface area contributed by atoms with Gasteiger partial charge in [0.05, 0.1) is 0 Å². The maximum Gasteiger partial charge on any atom is 0.128 e. The Labute approximate surface area is 133 Å². The van der Waals surface area contributed by atoms with Gasteiger partial charge < -0.3 is 5.73 Å². The molecule has 2 aromatic carbocycles. The molecule has 0 aromatic heterocycles. The molecule has 112 valence electrons. The van der Waals surface area contributed by atoms with E-state index in [0.717, 1.165) is 17.6 Å². The van der Waals surface area contributed by atoms with Crippen LogP contribution in [0.25, 0.3) is 0 Å². The van der Waals surface area contributed by atoms with Crippen LogP contribution in [0, 0.1) is 5.82 Å². The second-order valence-corrected chi connectivity index (χ2v) is 6.00. The largest absolute Gasteiger partial charge is 0.329 e. The van der Waals surface area contributed by atoms with Crippen molar-refractivity contribution in [1.29, 1.82) is 0 Å². The second-order valence-electron chi connectivity index (χ2n) is 5.09. The Morgan fingerprint density at radius 2 is 1.90 bits per heavy atom. The van der Waals surface area contributed by atoms with Crippen LogP contribution in [-0.2, 0) is 6.54 Å². The smallest absolute Gasteiger partial charge is 0.128 e. The molecule has 1 atom stereocenters. The van der Waals surface area contributed by atoms with Gasteiger partial charge in [0.15, 0.2) is 0 Å². The van der Waals surface area contributed by atoms with Gasteiger partial charge in [0.2, 0.25) is 0 Å². The second kappa shape index (κ2) is 7.69. The maximum absolute atomic E-state index is 14.1. The number of hydrogen-bond acceptors (Lipinski definition) is 2. The van der Waals surface area contributed by atoms with Crippen molar-refractivity contribution in [2.75, 3.05) is 13.1 Å². The van der Waals surface area contributed by atoms with Crippen LogP contribution in [0.3, 0.4) is 0 Å². The molecule has 1 unspecified atom stereocenters. The Morgan fingerprint density at radius 3 is 2.57 bits per heavy atom. The Morgan fingerprint density at radius 1 is 1.19 bits per heavy atom. The predicted molar refractivity (Wildman–Crippen MR) is 88.4 cm³/mol. The standard InChI is InChI=1S/C17H20BrFN2/c1-13(16-11-15(18)7-8-17(16)19)21(10-9-20)12-14-5-3-2-4-6-14/h2-8,11,13H,9-10,12,20H2,1H3. The summed E-state index contributed by atoms with van der Waals surface area (Å²) in [7, 11) is 0. The minimum atomic E-state index is -0.180. The molecule has 2 N–H and O–H groups in total. The fourth-order valence-electron chi connectivity index (χ4n) is 2.42. The van der Waals surface area contributed by atoms with Gasteiger partial charge in [-0.15, -0.1) is 0 Å². The zero-order valence-corrected chi connectivity index (χ0v) is 13.7. The number of nitrogens with zero attached hydrogens (tertiary/aromatic N) is 1. The molecule has 0 spiro atoms. The Bertz CT molecular complexity index is 574. The summed E-state index contributed by atoms with van der Waals surface area (Å²) >= 11 is 3.41. The Kier molecular flexibility index (Phi) is 5.91. The van der Waals surface area contributed by atoms with Gasteiger partial charge in [0.25, 0.3) is 0 Å². The first-order chi connectivity index (χ1) is 10.1. The van der Waals surface area contributed by atoms with Gasteiger partial charge in [-0.1, -0.05) is 46.3 Å². The molecule has 0 saturated heterocycles. The summed E-state index contributed by atoms with van der Waals surface area (Å²) in [5.74, 6) is -0.180. The van der Waals surface area contributed by atoms with E-state index in [-0.39, 0.29) is 11.9 Å². The highest BCUT2D eigenvalue weighted by atomic mass is 79.9. The Balaban J connectivity index is 2.22. The molecule has 4 heteroatoms. The van der Waals surface area contributed by atoms with Crippen LogP contribution in [0.1, 0.15) is 24.1 Å². The molecular formula is C17H20BrFN2. The van der Waals surface area contributed by atoms with Gasteiger partial charge in [0.1, 0.15) is 5.82 Å². The topological polar surface area (TPSA) is 29.3 Å². The summed E-state index contributed by atoms with van der Waals surface area (Å²) in [5, 5.41) is 0. The molecule has 0 saturated carbocycles. The van der Waals surface area contributed by atoms with Gasteiger partial charge in [-0.3, -0.25) is 4.90 Å². The number of rotatable bonds is 6. The first-order valence-corrected chi connectivity index (χ1v) is 7.84. The van der Waals surface area contributed by atoms with Crippen molar-refractivity contribution in [1.82, 2.24) is 4.90 Å². The third kappa shape index (κ3) is 4.37. The lowest BCUT2D eigenvalue weighted by molar-refractivity contribution is 0.203. The fourth-order valence-corrected chi connectivity index (χ4v) is 2.80. The van der Waals surface area contributed by atoms with Crippen LogP contribution in [-0.4, -0.2) is 18.0 Å². The molecular weight excluding hydrogens is 331 g/mol. The first-order valence-electron chi connectivity index (χ1n) is 7.05. The van der Waals surface area contributed by atoms with E-state index < -0.39 is 0 Å². The highest BCUT2D eigenvalue weighted by Gasteiger charge is 2.19. The normalized spacial score (nSPS) is 12.6. The molecule has 0 radical (unpaired) electrons. The molecule has 2 rings (SSSR count). The van der Waals surface area contributed by atoms with Gasteiger partial charge >= 0.3 is 0 Å². The summed E-state index contributed by atoms with van der Waals surface area (Å²) < 4.78 is 15.0. The third-order valence-corrected chi connectivity index (χ3v) is 4.09. The van der Waals surface area contributed by atoms with E-state index in [1.165, 1.54) is 11.6 Å². The maximum atomic E-state index is 14.1. The number of hydrogen-bond donors (Lipinski definition) is 1. The average molecular weight is 351 g/mol. The highest BCUT2D eigenvalue weighted by Crippen LogP contribution is 2.27. The Hall–Kier alpha value is -1.23. The van der Waals surface area contributed by atoms with E-state index in [1.807, 2.05) is 31.2 Å². The van der Waals surface area contributed by atoms with E-state index in [9.17, 15) is 4.39 Å². The minimum Gasteiger partial charge on any atom is -0.329 e. The van der Waals surface area contributed by atoms with Crippen molar-refractivity contribution in [2.24, 2.45) is 5.73 Å². The fraction of sp³-hybridized carbons (Fsp3) is 0.294. The van der Waals surface area contributed by atoms with E-state index in [1.54, 1.807) is 6.07 Å². The molecule has 0 heterocycles. The predicted octanol–water partition coefficient (Wildman–Crippen LogP) is 4.11. The van der Waals surface area contributed by atoms with Crippen LogP contribution in [0.5, 0.6) is 0 Å². The van der Waals surface area contributed by atoms with E-state index >= 15 is 0 Å². The lowest BCUT2D eigenvalue weighted by atomic mass is 10.1. The quantitative estimate of drug-likeness (QED) is 0.849. The van der Waals surface area contributed by atoms with Crippen LogP contribution < -0.4 is 5.73 Å². The van der Waals surface area contributed by atoms with Gasteiger partial charge in [-0.05, 0) is 30.7 Å². The lowest BCUT2D eigenvalue weighted by Gasteiger charge is -2.29. The van der Waals surface area contributed by atoms with Gasteiger partial charge in [0, 0.05) is 35.7 Å². The van der Waals surface area contributed by atoms with Crippen molar-refractivity contribution in [3.05, 3.63) is 69.9 Å². The zero-order valence-electron chi connectivity index (χ0n) is 12.1. The van der Waals surface area contributed by atoms with Gasteiger partial charge in [-0.25, -0.2) is 4.39 Å². The summed E-state index contributed by atoms with van der Waals surface area (Å²) in [6, 6.07) is 15.2. The third-order valence-electron chi connectivity index (χ3n) is 3.60. The van der Waals surface area contributed by atoms with E-state index in [2.05, 4.69) is 33.0 Å². The van der Waals surface area contributed by atoms with Crippen molar-refractivity contribution < 1.29 is 4.39 Å². The molecule has 0 bridgehead atoms. The zero-order chi connectivity index (χ0) is 15.2. The average Bonchev–Trinajstić information content (AvgIpc) is 2.49. The number of nitrogens with two attached hydrogens (primary N) is 1. The molecule has 0 fully saturated rings. The SMILES string of the molecule is CC(c1cc(Br)ccc1F)N(CCN)Cc1ccccc1. The highest BCUT2D eigenvalue weighted by molar-refractivity contribution is 9.10. The van der Waals surface area contributed by atoms with Crippen LogP contribution >= 0.6 is 15.9 Å². The summed E-state index contributed by atoms with van der Waals surface area (Å²) in [6.07, 6.45) is 0. The molecule has 2 aromatic rings. The molecule has 2 nitrogen and oxygen atoms in total. The van der Waals surface area contributed by atoms with Crippen LogP contribution in [0.2, 0.25) is 0 Å². The summed E-state index contributed by atoms with van der Waals surface area (Å²) in [6.45, 7) is 4.05. The van der Waals surface area contributed by atoms with Crippen molar-refractivity contribution >= 4 is 15.9 Å².